The average Bonchev–Trinajstić information content (AvgIpc) is 2.38. The zero-order valence-corrected chi connectivity index (χ0v) is 12.4. The van der Waals surface area contributed by atoms with Crippen LogP contribution in [0.1, 0.15) is 18.4 Å². The van der Waals surface area contributed by atoms with Gasteiger partial charge in [0.15, 0.2) is 0 Å². The molecular weight excluding hydrogens is 298 g/mol. The summed E-state index contributed by atoms with van der Waals surface area (Å²) in [6, 6.07) is 6.80. The second kappa shape index (κ2) is 6.66. The first-order valence-electron chi connectivity index (χ1n) is 5.93. The van der Waals surface area contributed by atoms with E-state index in [1.807, 2.05) is 23.9 Å². The fourth-order valence-electron chi connectivity index (χ4n) is 2.04. The summed E-state index contributed by atoms with van der Waals surface area (Å²) in [6.07, 6.45) is 2.63. The van der Waals surface area contributed by atoms with Crippen LogP contribution in [0.4, 0.5) is 0 Å². The monoisotopic (exact) mass is 315 g/mol. The minimum Gasteiger partial charge on any atom is -0.496 e. The normalized spacial score (nSPS) is 20.2. The van der Waals surface area contributed by atoms with E-state index in [4.69, 9.17) is 4.74 Å². The van der Waals surface area contributed by atoms with Crippen LogP contribution < -0.4 is 10.1 Å². The van der Waals surface area contributed by atoms with Gasteiger partial charge in [-0.05, 0) is 36.8 Å². The predicted octanol–water partition coefficient (Wildman–Crippen LogP) is 3.44. The molecule has 1 fully saturated rings. The quantitative estimate of drug-likeness (QED) is 0.919. The van der Waals surface area contributed by atoms with Crippen molar-refractivity contribution in [3.8, 4) is 5.75 Å². The topological polar surface area (TPSA) is 21.3 Å². The lowest BCUT2D eigenvalue weighted by atomic mass is 10.1. The van der Waals surface area contributed by atoms with E-state index in [2.05, 4.69) is 27.3 Å². The fourth-order valence-corrected chi connectivity index (χ4v) is 3.56. The van der Waals surface area contributed by atoms with E-state index in [1.54, 1.807) is 7.11 Å². The first-order chi connectivity index (χ1) is 8.29. The molecule has 0 amide bonds. The highest BCUT2D eigenvalue weighted by atomic mass is 79.9. The van der Waals surface area contributed by atoms with Crippen LogP contribution >= 0.6 is 27.7 Å². The Hall–Kier alpha value is -0.190. The maximum absolute atomic E-state index is 5.37. The molecule has 1 aliphatic rings. The van der Waals surface area contributed by atoms with Crippen molar-refractivity contribution in [1.29, 1.82) is 0 Å². The zero-order valence-electron chi connectivity index (χ0n) is 10.0. The van der Waals surface area contributed by atoms with Gasteiger partial charge in [0.2, 0.25) is 0 Å². The number of methoxy groups -OCH3 is 1. The van der Waals surface area contributed by atoms with Gasteiger partial charge in [-0.15, -0.1) is 0 Å². The largest absolute Gasteiger partial charge is 0.496 e. The van der Waals surface area contributed by atoms with E-state index in [1.165, 1.54) is 29.9 Å². The Morgan fingerprint density at radius 3 is 3.12 bits per heavy atom. The molecule has 0 aliphatic carbocycles. The molecule has 0 bridgehead atoms. The van der Waals surface area contributed by atoms with E-state index in [0.717, 1.165) is 16.8 Å². The lowest BCUT2D eigenvalue weighted by molar-refractivity contribution is 0.404. The number of hydrogen-bond donors (Lipinski definition) is 1. The smallest absolute Gasteiger partial charge is 0.123 e. The van der Waals surface area contributed by atoms with Crippen molar-refractivity contribution >= 4 is 27.7 Å². The summed E-state index contributed by atoms with van der Waals surface area (Å²) in [7, 11) is 1.73. The van der Waals surface area contributed by atoms with Crippen molar-refractivity contribution in [1.82, 2.24) is 5.32 Å². The Morgan fingerprint density at radius 1 is 1.53 bits per heavy atom. The molecule has 0 aromatic heterocycles. The second-order valence-electron chi connectivity index (χ2n) is 4.25. The van der Waals surface area contributed by atoms with Gasteiger partial charge in [-0.1, -0.05) is 15.9 Å². The summed E-state index contributed by atoms with van der Waals surface area (Å²) in [5, 5.41) is 3.62. The molecule has 1 N–H and O–H groups in total. The van der Waals surface area contributed by atoms with Crippen LogP contribution in [0.25, 0.3) is 0 Å². The first-order valence-corrected chi connectivity index (χ1v) is 7.88. The number of rotatable bonds is 4. The Morgan fingerprint density at radius 2 is 2.41 bits per heavy atom. The first kappa shape index (κ1) is 13.2. The van der Waals surface area contributed by atoms with E-state index in [0.29, 0.717) is 6.04 Å². The Labute approximate surface area is 116 Å². The Balaban J connectivity index is 1.95. The minimum absolute atomic E-state index is 0.650. The number of nitrogens with one attached hydrogen (secondary N) is 1. The number of ether oxygens (including phenoxy) is 1. The van der Waals surface area contributed by atoms with Gasteiger partial charge in [-0.2, -0.15) is 11.8 Å². The molecule has 0 saturated carbocycles. The van der Waals surface area contributed by atoms with Gasteiger partial charge in [-0.25, -0.2) is 0 Å². The van der Waals surface area contributed by atoms with Gasteiger partial charge >= 0.3 is 0 Å². The van der Waals surface area contributed by atoms with Crippen molar-refractivity contribution in [2.75, 3.05) is 18.6 Å². The highest BCUT2D eigenvalue weighted by molar-refractivity contribution is 9.10. The molecular formula is C13H18BrNOS. The molecule has 1 aromatic carbocycles. The molecule has 17 heavy (non-hydrogen) atoms. The van der Waals surface area contributed by atoms with Gasteiger partial charge in [0.1, 0.15) is 5.75 Å². The number of thioether (sulfide) groups is 1. The van der Waals surface area contributed by atoms with E-state index in [-0.39, 0.29) is 0 Å². The molecule has 1 aromatic rings. The van der Waals surface area contributed by atoms with Crippen LogP contribution in [-0.2, 0) is 6.54 Å². The summed E-state index contributed by atoms with van der Waals surface area (Å²) >= 11 is 5.55. The SMILES string of the molecule is COc1ccc(Br)cc1CNC1CCCSC1. The Bertz CT molecular complexity index is 366. The molecule has 0 spiro atoms. The van der Waals surface area contributed by atoms with Gasteiger partial charge in [-0.3, -0.25) is 0 Å². The summed E-state index contributed by atoms with van der Waals surface area (Å²) in [5.41, 5.74) is 1.22. The third-order valence-corrected chi connectivity index (χ3v) is 4.69. The van der Waals surface area contributed by atoms with E-state index >= 15 is 0 Å². The summed E-state index contributed by atoms with van der Waals surface area (Å²) in [5.74, 6) is 3.51. The van der Waals surface area contributed by atoms with Crippen LogP contribution in [-0.4, -0.2) is 24.7 Å². The van der Waals surface area contributed by atoms with Crippen molar-refractivity contribution < 1.29 is 4.74 Å². The maximum Gasteiger partial charge on any atom is 0.123 e. The summed E-state index contributed by atoms with van der Waals surface area (Å²) in [6.45, 7) is 0.883. The van der Waals surface area contributed by atoms with Gasteiger partial charge in [0, 0.05) is 28.4 Å². The number of benzene rings is 1. The van der Waals surface area contributed by atoms with Gasteiger partial charge in [0.05, 0.1) is 7.11 Å². The predicted molar refractivity (Wildman–Crippen MR) is 77.9 cm³/mol. The molecule has 1 unspecified atom stereocenters. The molecule has 2 rings (SSSR count). The zero-order chi connectivity index (χ0) is 12.1. The molecule has 1 saturated heterocycles. The van der Waals surface area contributed by atoms with Gasteiger partial charge < -0.3 is 10.1 Å². The molecule has 1 atom stereocenters. The number of halogens is 1. The lowest BCUT2D eigenvalue weighted by Crippen LogP contribution is -2.33. The van der Waals surface area contributed by atoms with Crippen molar-refractivity contribution in [3.05, 3.63) is 28.2 Å². The average molecular weight is 316 g/mol. The molecule has 0 radical (unpaired) electrons. The highest BCUT2D eigenvalue weighted by Gasteiger charge is 2.13. The standard InChI is InChI=1S/C13H18BrNOS/c1-16-13-5-4-11(14)7-10(13)8-15-12-3-2-6-17-9-12/h4-5,7,12,15H,2-3,6,8-9H2,1H3. The second-order valence-corrected chi connectivity index (χ2v) is 6.32. The molecule has 94 valence electrons. The summed E-state index contributed by atoms with van der Waals surface area (Å²) < 4.78 is 6.48. The Kier molecular flexibility index (Phi) is 5.19. The van der Waals surface area contributed by atoms with Gasteiger partial charge in [0.25, 0.3) is 0 Å². The third-order valence-electron chi connectivity index (χ3n) is 2.98. The van der Waals surface area contributed by atoms with Crippen LogP contribution in [0.15, 0.2) is 22.7 Å². The minimum atomic E-state index is 0.650. The highest BCUT2D eigenvalue weighted by Crippen LogP contribution is 2.24. The van der Waals surface area contributed by atoms with E-state index in [9.17, 15) is 0 Å². The van der Waals surface area contributed by atoms with Crippen LogP contribution in [0.5, 0.6) is 5.75 Å². The molecule has 1 aliphatic heterocycles. The van der Waals surface area contributed by atoms with Crippen molar-refractivity contribution in [2.45, 2.75) is 25.4 Å². The molecule has 1 heterocycles. The molecule has 4 heteroatoms. The number of hydrogen-bond acceptors (Lipinski definition) is 3. The lowest BCUT2D eigenvalue weighted by Gasteiger charge is -2.23. The maximum atomic E-state index is 5.37. The molecule has 2 nitrogen and oxygen atoms in total. The summed E-state index contributed by atoms with van der Waals surface area (Å²) in [4.78, 5) is 0. The van der Waals surface area contributed by atoms with E-state index < -0.39 is 0 Å². The van der Waals surface area contributed by atoms with Crippen molar-refractivity contribution in [3.63, 3.8) is 0 Å². The van der Waals surface area contributed by atoms with Crippen molar-refractivity contribution in [2.24, 2.45) is 0 Å². The van der Waals surface area contributed by atoms with Crippen LogP contribution in [0, 0.1) is 0 Å². The fraction of sp³-hybridized carbons (Fsp3) is 0.538. The van der Waals surface area contributed by atoms with Crippen LogP contribution in [0.2, 0.25) is 0 Å². The third kappa shape index (κ3) is 3.90. The van der Waals surface area contributed by atoms with Crippen LogP contribution in [0.3, 0.4) is 0 Å².